The molecule has 1 nitrogen and oxygen atoms in total. The molecule has 0 aromatic carbocycles. The van der Waals surface area contributed by atoms with Crippen molar-refractivity contribution in [2.75, 3.05) is 5.75 Å². The normalized spacial score (nSPS) is 10.6. The van der Waals surface area contributed by atoms with Crippen molar-refractivity contribution in [2.45, 2.75) is 39.3 Å². The van der Waals surface area contributed by atoms with E-state index in [1.165, 1.54) is 0 Å². The maximum absolute atomic E-state index is 9.40. The van der Waals surface area contributed by atoms with E-state index in [1.54, 1.807) is 0 Å². The smallest absolute Gasteiger partial charge is 0.288 e. The Hall–Kier alpha value is 0.375. The Morgan fingerprint density at radius 1 is 1.36 bits per heavy atom. The molecule has 66 valence electrons. The number of hydrogen-bond acceptors (Lipinski definition) is 2. The first-order chi connectivity index (χ1) is 5.16. The SMILES string of the molecule is CC(C)CCB(O)CCCS. The molecular formula is C8H19BOS. The molecule has 0 heterocycles. The molecule has 0 aromatic heterocycles. The van der Waals surface area contributed by atoms with E-state index < -0.39 is 0 Å². The van der Waals surface area contributed by atoms with E-state index in [2.05, 4.69) is 26.5 Å². The van der Waals surface area contributed by atoms with Crippen molar-refractivity contribution in [3.63, 3.8) is 0 Å². The van der Waals surface area contributed by atoms with Crippen LogP contribution in [-0.4, -0.2) is 17.7 Å². The summed E-state index contributed by atoms with van der Waals surface area (Å²) in [4.78, 5) is 0. The molecule has 0 aliphatic heterocycles. The van der Waals surface area contributed by atoms with Gasteiger partial charge in [-0.05, 0) is 30.7 Å². The van der Waals surface area contributed by atoms with Crippen LogP contribution in [0.25, 0.3) is 0 Å². The predicted molar refractivity (Wildman–Crippen MR) is 55.5 cm³/mol. The highest BCUT2D eigenvalue weighted by atomic mass is 32.1. The summed E-state index contributed by atoms with van der Waals surface area (Å²) in [5, 5.41) is 9.40. The topological polar surface area (TPSA) is 20.2 Å². The van der Waals surface area contributed by atoms with Crippen molar-refractivity contribution < 1.29 is 5.02 Å². The largest absolute Gasteiger partial charge is 0.450 e. The van der Waals surface area contributed by atoms with Gasteiger partial charge in [0.2, 0.25) is 0 Å². The minimum atomic E-state index is -0.0930. The lowest BCUT2D eigenvalue weighted by Gasteiger charge is -2.06. The molecule has 11 heavy (non-hydrogen) atoms. The van der Waals surface area contributed by atoms with Gasteiger partial charge in [-0.2, -0.15) is 12.6 Å². The minimum Gasteiger partial charge on any atom is -0.450 e. The first-order valence-electron chi connectivity index (χ1n) is 4.45. The van der Waals surface area contributed by atoms with Crippen molar-refractivity contribution >= 4 is 19.5 Å². The summed E-state index contributed by atoms with van der Waals surface area (Å²) < 4.78 is 0. The Bertz CT molecular complexity index is 88.2. The van der Waals surface area contributed by atoms with Crippen LogP contribution < -0.4 is 0 Å². The molecule has 3 heteroatoms. The van der Waals surface area contributed by atoms with Gasteiger partial charge in [0.05, 0.1) is 0 Å². The van der Waals surface area contributed by atoms with Gasteiger partial charge in [-0.3, -0.25) is 0 Å². The van der Waals surface area contributed by atoms with Crippen LogP contribution >= 0.6 is 12.6 Å². The summed E-state index contributed by atoms with van der Waals surface area (Å²) in [6.45, 7) is 4.28. The van der Waals surface area contributed by atoms with Crippen molar-refractivity contribution in [1.82, 2.24) is 0 Å². The molecule has 0 spiro atoms. The van der Waals surface area contributed by atoms with Gasteiger partial charge in [-0.1, -0.05) is 20.3 Å². The van der Waals surface area contributed by atoms with E-state index in [1.807, 2.05) is 0 Å². The molecule has 0 aliphatic carbocycles. The molecule has 0 aromatic rings. The average Bonchev–Trinajstić information content (AvgIpc) is 1.97. The van der Waals surface area contributed by atoms with Crippen LogP contribution in [0.3, 0.4) is 0 Å². The number of hydrogen-bond donors (Lipinski definition) is 2. The summed E-state index contributed by atoms with van der Waals surface area (Å²) in [5.41, 5.74) is 0. The van der Waals surface area contributed by atoms with E-state index in [0.29, 0.717) is 5.92 Å². The number of thiol groups is 1. The van der Waals surface area contributed by atoms with E-state index in [4.69, 9.17) is 0 Å². The van der Waals surface area contributed by atoms with E-state index in [0.717, 1.165) is 31.2 Å². The van der Waals surface area contributed by atoms with Gasteiger partial charge < -0.3 is 5.02 Å². The third-order valence-corrected chi connectivity index (χ3v) is 2.09. The van der Waals surface area contributed by atoms with Gasteiger partial charge in [0.25, 0.3) is 6.92 Å². The summed E-state index contributed by atoms with van der Waals surface area (Å²) in [7, 11) is 0. The van der Waals surface area contributed by atoms with Gasteiger partial charge in [0, 0.05) is 0 Å². The molecular weight excluding hydrogens is 155 g/mol. The first kappa shape index (κ1) is 11.4. The molecule has 0 saturated heterocycles. The highest BCUT2D eigenvalue weighted by Gasteiger charge is 2.09. The Kier molecular flexibility index (Phi) is 7.29. The van der Waals surface area contributed by atoms with Gasteiger partial charge >= 0.3 is 0 Å². The second-order valence-electron chi connectivity index (χ2n) is 3.49. The van der Waals surface area contributed by atoms with Crippen LogP contribution in [0.2, 0.25) is 12.6 Å². The Labute approximate surface area is 76.1 Å². The molecule has 0 bridgehead atoms. The van der Waals surface area contributed by atoms with Crippen molar-refractivity contribution in [1.29, 1.82) is 0 Å². The van der Waals surface area contributed by atoms with Crippen LogP contribution in [0, 0.1) is 5.92 Å². The van der Waals surface area contributed by atoms with Gasteiger partial charge in [0.15, 0.2) is 0 Å². The third kappa shape index (κ3) is 8.28. The molecule has 0 radical (unpaired) electrons. The maximum Gasteiger partial charge on any atom is 0.288 e. The highest BCUT2D eigenvalue weighted by molar-refractivity contribution is 7.80. The van der Waals surface area contributed by atoms with Crippen LogP contribution in [-0.2, 0) is 0 Å². The lowest BCUT2D eigenvalue weighted by molar-refractivity contribution is 0.538. The average molecular weight is 174 g/mol. The Morgan fingerprint density at radius 3 is 2.45 bits per heavy atom. The van der Waals surface area contributed by atoms with E-state index in [-0.39, 0.29) is 6.92 Å². The third-order valence-electron chi connectivity index (χ3n) is 1.77. The Balaban J connectivity index is 3.15. The Morgan fingerprint density at radius 2 is 2.00 bits per heavy atom. The van der Waals surface area contributed by atoms with Crippen molar-refractivity contribution in [3.05, 3.63) is 0 Å². The second-order valence-corrected chi connectivity index (χ2v) is 3.94. The molecule has 0 unspecified atom stereocenters. The molecule has 0 atom stereocenters. The minimum absolute atomic E-state index is 0.0930. The van der Waals surface area contributed by atoms with Gasteiger partial charge in [-0.15, -0.1) is 0 Å². The van der Waals surface area contributed by atoms with Crippen molar-refractivity contribution in [2.24, 2.45) is 5.92 Å². The van der Waals surface area contributed by atoms with Gasteiger partial charge in [0.1, 0.15) is 0 Å². The summed E-state index contributed by atoms with van der Waals surface area (Å²) in [5.74, 6) is 1.60. The lowest BCUT2D eigenvalue weighted by Crippen LogP contribution is -2.12. The van der Waals surface area contributed by atoms with Crippen molar-refractivity contribution in [3.8, 4) is 0 Å². The second kappa shape index (κ2) is 7.05. The zero-order valence-electron chi connectivity index (χ0n) is 7.58. The predicted octanol–water partition coefficient (Wildman–Crippen LogP) is 2.34. The summed E-state index contributed by atoms with van der Waals surface area (Å²) >= 11 is 4.09. The maximum atomic E-state index is 9.40. The zero-order valence-corrected chi connectivity index (χ0v) is 8.48. The zero-order chi connectivity index (χ0) is 8.69. The standard InChI is InChI=1S/C8H19BOS/c1-8(2)4-6-9(10)5-3-7-11/h8,10-11H,3-7H2,1-2H3. The van der Waals surface area contributed by atoms with Crippen LogP contribution in [0.5, 0.6) is 0 Å². The fraction of sp³-hybridized carbons (Fsp3) is 1.00. The fourth-order valence-electron chi connectivity index (χ4n) is 0.997. The van der Waals surface area contributed by atoms with Crippen LogP contribution in [0.4, 0.5) is 0 Å². The fourth-order valence-corrected chi connectivity index (χ4v) is 1.18. The molecule has 1 N–H and O–H groups in total. The monoisotopic (exact) mass is 174 g/mol. The van der Waals surface area contributed by atoms with E-state index >= 15 is 0 Å². The molecule has 0 aliphatic rings. The highest BCUT2D eigenvalue weighted by Crippen LogP contribution is 2.09. The van der Waals surface area contributed by atoms with Gasteiger partial charge in [-0.25, -0.2) is 0 Å². The lowest BCUT2D eigenvalue weighted by atomic mass is 9.60. The molecule has 0 saturated carbocycles. The summed E-state index contributed by atoms with van der Waals surface area (Å²) in [6, 6.07) is 0. The van der Waals surface area contributed by atoms with E-state index in [9.17, 15) is 5.02 Å². The summed E-state index contributed by atoms with van der Waals surface area (Å²) in [6.07, 6.45) is 4.03. The molecule has 0 rings (SSSR count). The van der Waals surface area contributed by atoms with Crippen LogP contribution in [0.1, 0.15) is 26.7 Å². The number of rotatable bonds is 6. The van der Waals surface area contributed by atoms with Crippen LogP contribution in [0.15, 0.2) is 0 Å². The molecule has 0 fully saturated rings. The first-order valence-corrected chi connectivity index (χ1v) is 5.09. The molecule has 0 amide bonds. The quantitative estimate of drug-likeness (QED) is 0.467.